The number of thiocarbonyl (C=S) groups is 1. The summed E-state index contributed by atoms with van der Waals surface area (Å²) in [6, 6.07) is 10.4. The molecule has 0 radical (unpaired) electrons. The van der Waals surface area contributed by atoms with Crippen molar-refractivity contribution in [3.63, 3.8) is 0 Å². The summed E-state index contributed by atoms with van der Waals surface area (Å²) in [5.74, 6) is 0. The zero-order chi connectivity index (χ0) is 12.3. The van der Waals surface area contributed by atoms with E-state index in [9.17, 15) is 0 Å². The predicted molar refractivity (Wildman–Crippen MR) is 73.8 cm³/mol. The predicted octanol–water partition coefficient (Wildman–Crippen LogP) is 2.79. The third kappa shape index (κ3) is 2.91. The molecule has 1 unspecified atom stereocenters. The minimum Gasteiger partial charge on any atom is -0.393 e. The molecule has 1 aromatic heterocycles. The first kappa shape index (κ1) is 11.8. The third-order valence-corrected chi connectivity index (χ3v) is 2.82. The van der Waals surface area contributed by atoms with Gasteiger partial charge in [0, 0.05) is 18.2 Å². The Balaban J connectivity index is 2.19. The van der Waals surface area contributed by atoms with Gasteiger partial charge in [-0.3, -0.25) is 4.68 Å². The Kier molecular flexibility index (Phi) is 3.54. The first-order valence-electron chi connectivity index (χ1n) is 5.54. The lowest BCUT2D eigenvalue weighted by atomic mass is 10.1. The fourth-order valence-corrected chi connectivity index (χ4v) is 1.98. The van der Waals surface area contributed by atoms with E-state index in [2.05, 4.69) is 24.2 Å². The van der Waals surface area contributed by atoms with Gasteiger partial charge in [0.15, 0.2) is 0 Å². The molecular weight excluding hydrogens is 230 g/mol. The minimum atomic E-state index is 0.199. The van der Waals surface area contributed by atoms with Gasteiger partial charge in [-0.05, 0) is 12.5 Å². The molecule has 0 saturated heterocycles. The van der Waals surface area contributed by atoms with Crippen LogP contribution in [-0.2, 0) is 0 Å². The van der Waals surface area contributed by atoms with Gasteiger partial charge in [-0.25, -0.2) is 0 Å². The Hall–Kier alpha value is -1.68. The molecule has 1 heterocycles. The lowest BCUT2D eigenvalue weighted by Gasteiger charge is -2.10. The van der Waals surface area contributed by atoms with Crippen LogP contribution in [0, 0.1) is 0 Å². The van der Waals surface area contributed by atoms with Crippen LogP contribution in [0.3, 0.4) is 0 Å². The lowest BCUT2D eigenvalue weighted by molar-refractivity contribution is 0.507. The quantitative estimate of drug-likeness (QED) is 0.842. The van der Waals surface area contributed by atoms with Crippen molar-refractivity contribution in [3.05, 3.63) is 42.7 Å². The van der Waals surface area contributed by atoms with Crippen molar-refractivity contribution < 1.29 is 0 Å². The molecule has 1 atom stereocenters. The Morgan fingerprint density at radius 2 is 2.06 bits per heavy atom. The summed E-state index contributed by atoms with van der Waals surface area (Å²) >= 11 is 4.91. The third-order valence-electron chi connectivity index (χ3n) is 2.66. The van der Waals surface area contributed by atoms with Crippen molar-refractivity contribution in [1.29, 1.82) is 0 Å². The maximum absolute atomic E-state index is 5.54. The van der Waals surface area contributed by atoms with E-state index in [1.165, 1.54) is 5.56 Å². The summed E-state index contributed by atoms with van der Waals surface area (Å²) in [7, 11) is 0. The summed E-state index contributed by atoms with van der Waals surface area (Å²) in [6.07, 6.45) is 4.56. The second-order valence-electron chi connectivity index (χ2n) is 4.09. The summed E-state index contributed by atoms with van der Waals surface area (Å²) in [5.41, 5.74) is 7.82. The molecule has 2 N–H and O–H groups in total. The number of benzene rings is 1. The molecule has 0 aliphatic heterocycles. The van der Waals surface area contributed by atoms with E-state index >= 15 is 0 Å². The van der Waals surface area contributed by atoms with E-state index < -0.39 is 0 Å². The topological polar surface area (TPSA) is 43.8 Å². The molecule has 0 amide bonds. The second kappa shape index (κ2) is 5.10. The van der Waals surface area contributed by atoms with Crippen molar-refractivity contribution in [2.45, 2.75) is 19.4 Å². The van der Waals surface area contributed by atoms with Crippen LogP contribution < -0.4 is 5.73 Å². The number of rotatable bonds is 4. The van der Waals surface area contributed by atoms with Gasteiger partial charge >= 0.3 is 0 Å². The number of nitrogens with zero attached hydrogens (tertiary/aromatic N) is 2. The number of aromatic nitrogens is 2. The maximum atomic E-state index is 5.54. The standard InChI is InChI=1S/C13H15N3S/c1-10(7-13(14)17)16-9-12(8-15-16)11-5-3-2-4-6-11/h2-6,8-10H,7H2,1H3,(H2,14,17). The highest BCUT2D eigenvalue weighted by Gasteiger charge is 2.08. The first-order chi connectivity index (χ1) is 8.16. The van der Waals surface area contributed by atoms with Crippen LogP contribution in [0.4, 0.5) is 0 Å². The van der Waals surface area contributed by atoms with Crippen molar-refractivity contribution in [2.75, 3.05) is 0 Å². The zero-order valence-electron chi connectivity index (χ0n) is 9.71. The SMILES string of the molecule is CC(CC(N)=S)n1cc(-c2ccccc2)cn1. The number of hydrogen-bond acceptors (Lipinski definition) is 2. The van der Waals surface area contributed by atoms with Gasteiger partial charge in [-0.15, -0.1) is 0 Å². The lowest BCUT2D eigenvalue weighted by Crippen LogP contribution is -2.15. The van der Waals surface area contributed by atoms with Crippen molar-refractivity contribution in [3.8, 4) is 11.1 Å². The van der Waals surface area contributed by atoms with Crippen LogP contribution in [0.25, 0.3) is 11.1 Å². The largest absolute Gasteiger partial charge is 0.393 e. The van der Waals surface area contributed by atoms with E-state index in [0.29, 0.717) is 11.4 Å². The van der Waals surface area contributed by atoms with E-state index in [-0.39, 0.29) is 6.04 Å². The van der Waals surface area contributed by atoms with Gasteiger partial charge in [0.25, 0.3) is 0 Å². The van der Waals surface area contributed by atoms with E-state index in [1.807, 2.05) is 35.3 Å². The van der Waals surface area contributed by atoms with Crippen LogP contribution in [0.15, 0.2) is 42.7 Å². The Bertz CT molecular complexity index is 504. The summed E-state index contributed by atoms with van der Waals surface area (Å²) < 4.78 is 1.90. The van der Waals surface area contributed by atoms with Crippen LogP contribution >= 0.6 is 12.2 Å². The fourth-order valence-electron chi connectivity index (χ4n) is 1.74. The first-order valence-corrected chi connectivity index (χ1v) is 5.95. The minimum absolute atomic E-state index is 0.199. The highest BCUT2D eigenvalue weighted by molar-refractivity contribution is 7.80. The maximum Gasteiger partial charge on any atom is 0.0748 e. The molecular formula is C13H15N3S. The normalized spacial score (nSPS) is 12.3. The average molecular weight is 245 g/mol. The number of nitrogens with two attached hydrogens (primary N) is 1. The van der Waals surface area contributed by atoms with Crippen molar-refractivity contribution >= 4 is 17.2 Å². The Morgan fingerprint density at radius 1 is 1.35 bits per heavy atom. The van der Waals surface area contributed by atoms with Gasteiger partial charge in [0.2, 0.25) is 0 Å². The van der Waals surface area contributed by atoms with E-state index in [4.69, 9.17) is 18.0 Å². The fraction of sp³-hybridized carbons (Fsp3) is 0.231. The van der Waals surface area contributed by atoms with Crippen molar-refractivity contribution in [1.82, 2.24) is 9.78 Å². The molecule has 2 aromatic rings. The van der Waals surface area contributed by atoms with Crippen LogP contribution in [0.2, 0.25) is 0 Å². The summed E-state index contributed by atoms with van der Waals surface area (Å²) in [4.78, 5) is 0.522. The molecule has 1 aromatic carbocycles. The summed E-state index contributed by atoms with van der Waals surface area (Å²) in [5, 5.41) is 4.35. The van der Waals surface area contributed by atoms with Gasteiger partial charge < -0.3 is 5.73 Å². The second-order valence-corrected chi connectivity index (χ2v) is 4.62. The molecule has 4 heteroatoms. The molecule has 0 aliphatic rings. The molecule has 0 spiro atoms. The summed E-state index contributed by atoms with van der Waals surface area (Å²) in [6.45, 7) is 2.06. The van der Waals surface area contributed by atoms with Crippen LogP contribution in [0.5, 0.6) is 0 Å². The number of hydrogen-bond donors (Lipinski definition) is 1. The van der Waals surface area contributed by atoms with Gasteiger partial charge in [-0.2, -0.15) is 5.10 Å². The zero-order valence-corrected chi connectivity index (χ0v) is 10.5. The Labute approximate surface area is 106 Å². The average Bonchev–Trinajstić information content (AvgIpc) is 2.78. The van der Waals surface area contributed by atoms with Gasteiger partial charge in [0.05, 0.1) is 17.2 Å². The highest BCUT2D eigenvalue weighted by atomic mass is 32.1. The molecule has 0 bridgehead atoms. The van der Waals surface area contributed by atoms with Gasteiger partial charge in [0.1, 0.15) is 0 Å². The molecule has 2 rings (SSSR count). The van der Waals surface area contributed by atoms with Crippen LogP contribution in [0.1, 0.15) is 19.4 Å². The van der Waals surface area contributed by atoms with Crippen molar-refractivity contribution in [2.24, 2.45) is 5.73 Å². The molecule has 17 heavy (non-hydrogen) atoms. The van der Waals surface area contributed by atoms with E-state index in [0.717, 1.165) is 5.56 Å². The molecule has 0 saturated carbocycles. The monoisotopic (exact) mass is 245 g/mol. The Morgan fingerprint density at radius 3 is 2.71 bits per heavy atom. The smallest absolute Gasteiger partial charge is 0.0748 e. The molecule has 3 nitrogen and oxygen atoms in total. The molecule has 88 valence electrons. The molecule has 0 aliphatic carbocycles. The van der Waals surface area contributed by atoms with E-state index in [1.54, 1.807) is 0 Å². The molecule has 0 fully saturated rings. The highest BCUT2D eigenvalue weighted by Crippen LogP contribution is 2.20. The van der Waals surface area contributed by atoms with Gasteiger partial charge in [-0.1, -0.05) is 42.5 Å². The van der Waals surface area contributed by atoms with Crippen LogP contribution in [-0.4, -0.2) is 14.8 Å².